The molecule has 2 aromatic carbocycles. The molecule has 1 fully saturated rings. The molecule has 0 aliphatic carbocycles. The van der Waals surface area contributed by atoms with Gasteiger partial charge in [-0.25, -0.2) is 4.39 Å². The monoisotopic (exact) mass is 411 g/mol. The van der Waals surface area contributed by atoms with Gasteiger partial charge in [0.15, 0.2) is 0 Å². The molecule has 1 saturated heterocycles. The number of carbonyl (C=O) groups is 2. The summed E-state index contributed by atoms with van der Waals surface area (Å²) in [7, 11) is 0. The molecule has 2 heterocycles. The van der Waals surface area contributed by atoms with Gasteiger partial charge in [0.25, 0.3) is 11.8 Å². The number of hydrogen-bond acceptors (Lipinski definition) is 2. The van der Waals surface area contributed by atoms with Gasteiger partial charge >= 0.3 is 0 Å². The van der Waals surface area contributed by atoms with Crippen molar-refractivity contribution < 1.29 is 14.0 Å². The minimum absolute atomic E-state index is 0.0833. The van der Waals surface area contributed by atoms with Crippen LogP contribution in [0.4, 0.5) is 4.39 Å². The minimum atomic E-state index is -0.635. The Labute approximate surface area is 172 Å². The van der Waals surface area contributed by atoms with Crippen LogP contribution in [0.2, 0.25) is 5.02 Å². The van der Waals surface area contributed by atoms with Crippen LogP contribution in [-0.2, 0) is 0 Å². The summed E-state index contributed by atoms with van der Waals surface area (Å²) in [5, 5.41) is 0.0938. The number of nitrogens with zero attached hydrogens (tertiary/aromatic N) is 3. The molecule has 0 saturated carbocycles. The van der Waals surface area contributed by atoms with Crippen LogP contribution in [0.1, 0.15) is 20.7 Å². The number of aromatic nitrogens is 1. The molecule has 0 atom stereocenters. The molecule has 0 N–H and O–H groups in total. The van der Waals surface area contributed by atoms with Crippen LogP contribution in [-0.4, -0.2) is 52.4 Å². The standard InChI is InChI=1S/C22H19ClFN3O2/c23-18-4-3-5-19(24)20(18)22(29)27-14-12-26(13-15-27)21(28)16-6-8-17(9-7-16)25-10-1-2-11-25/h1-11H,12-15H2. The zero-order chi connectivity index (χ0) is 20.4. The van der Waals surface area contributed by atoms with E-state index >= 15 is 0 Å². The van der Waals surface area contributed by atoms with E-state index in [1.54, 1.807) is 17.0 Å². The van der Waals surface area contributed by atoms with Crippen LogP contribution >= 0.6 is 11.6 Å². The third-order valence-corrected chi connectivity index (χ3v) is 5.36. The fourth-order valence-electron chi connectivity index (χ4n) is 3.44. The second-order valence-corrected chi connectivity index (χ2v) is 7.23. The first kappa shape index (κ1) is 19.2. The molecule has 4 rings (SSSR count). The van der Waals surface area contributed by atoms with Gasteiger partial charge in [0.2, 0.25) is 0 Å². The molecule has 0 radical (unpaired) electrons. The van der Waals surface area contributed by atoms with Crippen LogP contribution < -0.4 is 0 Å². The molecular formula is C22H19ClFN3O2. The highest BCUT2D eigenvalue weighted by Gasteiger charge is 2.28. The maximum atomic E-state index is 14.0. The number of piperazine rings is 1. The summed E-state index contributed by atoms with van der Waals surface area (Å²) in [6, 6.07) is 15.4. The SMILES string of the molecule is O=C(c1ccc(-n2cccc2)cc1)N1CCN(C(=O)c2c(F)cccc2Cl)CC1. The van der Waals surface area contributed by atoms with E-state index in [9.17, 15) is 14.0 Å². The van der Waals surface area contributed by atoms with Gasteiger partial charge in [-0.3, -0.25) is 9.59 Å². The highest BCUT2D eigenvalue weighted by molar-refractivity contribution is 6.33. The van der Waals surface area contributed by atoms with Crippen molar-refractivity contribution in [2.24, 2.45) is 0 Å². The fourth-order valence-corrected chi connectivity index (χ4v) is 3.68. The normalized spacial score (nSPS) is 14.1. The highest BCUT2D eigenvalue weighted by atomic mass is 35.5. The van der Waals surface area contributed by atoms with Crippen LogP contribution in [0.25, 0.3) is 5.69 Å². The topological polar surface area (TPSA) is 45.6 Å². The van der Waals surface area contributed by atoms with Crippen molar-refractivity contribution >= 4 is 23.4 Å². The molecule has 5 nitrogen and oxygen atoms in total. The Bertz CT molecular complexity index is 1010. The van der Waals surface area contributed by atoms with Gasteiger partial charge in [0, 0.05) is 49.8 Å². The smallest absolute Gasteiger partial charge is 0.258 e. The summed E-state index contributed by atoms with van der Waals surface area (Å²) in [6.07, 6.45) is 3.88. The lowest BCUT2D eigenvalue weighted by molar-refractivity contribution is 0.0533. The van der Waals surface area contributed by atoms with Gasteiger partial charge in [-0.15, -0.1) is 0 Å². The van der Waals surface area contributed by atoms with Crippen LogP contribution in [0.3, 0.4) is 0 Å². The van der Waals surface area contributed by atoms with E-state index in [0.717, 1.165) is 5.69 Å². The molecule has 1 aromatic heterocycles. The molecule has 2 amide bonds. The van der Waals surface area contributed by atoms with Gasteiger partial charge < -0.3 is 14.4 Å². The quantitative estimate of drug-likeness (QED) is 0.656. The highest BCUT2D eigenvalue weighted by Crippen LogP contribution is 2.22. The Morgan fingerprint density at radius 2 is 1.38 bits per heavy atom. The Kier molecular flexibility index (Phi) is 5.36. The van der Waals surface area contributed by atoms with Crippen LogP contribution in [0.15, 0.2) is 67.0 Å². The number of amides is 2. The van der Waals surface area contributed by atoms with Crippen molar-refractivity contribution in [3.8, 4) is 5.69 Å². The van der Waals surface area contributed by atoms with Crippen molar-refractivity contribution in [2.75, 3.05) is 26.2 Å². The molecule has 3 aromatic rings. The molecule has 29 heavy (non-hydrogen) atoms. The van der Waals surface area contributed by atoms with E-state index in [2.05, 4.69) is 0 Å². The number of benzene rings is 2. The summed E-state index contributed by atoms with van der Waals surface area (Å²) in [4.78, 5) is 28.7. The zero-order valence-corrected chi connectivity index (χ0v) is 16.3. The molecule has 1 aliphatic rings. The zero-order valence-electron chi connectivity index (χ0n) is 15.6. The third-order valence-electron chi connectivity index (χ3n) is 5.05. The van der Waals surface area contributed by atoms with Crippen molar-refractivity contribution in [3.63, 3.8) is 0 Å². The van der Waals surface area contributed by atoms with Gasteiger partial charge in [-0.1, -0.05) is 17.7 Å². The average molecular weight is 412 g/mol. The minimum Gasteiger partial charge on any atom is -0.335 e. The predicted molar refractivity (Wildman–Crippen MR) is 109 cm³/mol. The third kappa shape index (κ3) is 3.89. The maximum Gasteiger partial charge on any atom is 0.258 e. The molecule has 148 valence electrons. The molecule has 0 bridgehead atoms. The first-order chi connectivity index (χ1) is 14.0. The van der Waals surface area contributed by atoms with Crippen LogP contribution in [0.5, 0.6) is 0 Å². The number of rotatable bonds is 3. The van der Waals surface area contributed by atoms with Gasteiger partial charge in [-0.2, -0.15) is 0 Å². The lowest BCUT2D eigenvalue weighted by Crippen LogP contribution is -2.50. The van der Waals surface area contributed by atoms with E-state index in [4.69, 9.17) is 11.6 Å². The lowest BCUT2D eigenvalue weighted by Gasteiger charge is -2.35. The van der Waals surface area contributed by atoms with Gasteiger partial charge in [0.1, 0.15) is 5.82 Å². The average Bonchev–Trinajstić information content (AvgIpc) is 3.28. The Hall–Kier alpha value is -3.12. The summed E-state index contributed by atoms with van der Waals surface area (Å²) >= 11 is 6.00. The van der Waals surface area contributed by atoms with Crippen molar-refractivity contribution in [3.05, 3.63) is 89.0 Å². The Morgan fingerprint density at radius 3 is 1.97 bits per heavy atom. The summed E-state index contributed by atoms with van der Waals surface area (Å²) in [5.74, 6) is -1.17. The van der Waals surface area contributed by atoms with Gasteiger partial charge in [0.05, 0.1) is 10.6 Å². The lowest BCUT2D eigenvalue weighted by atomic mass is 10.1. The predicted octanol–water partition coefficient (Wildman–Crippen LogP) is 3.87. The first-order valence-electron chi connectivity index (χ1n) is 9.30. The Balaban J connectivity index is 1.40. The Morgan fingerprint density at radius 1 is 0.793 bits per heavy atom. The fraction of sp³-hybridized carbons (Fsp3) is 0.182. The summed E-state index contributed by atoms with van der Waals surface area (Å²) in [5.41, 5.74) is 1.45. The second-order valence-electron chi connectivity index (χ2n) is 6.82. The van der Waals surface area contributed by atoms with E-state index in [0.29, 0.717) is 31.7 Å². The molecule has 0 unspecified atom stereocenters. The van der Waals surface area contributed by atoms with Crippen molar-refractivity contribution in [1.29, 1.82) is 0 Å². The van der Waals surface area contributed by atoms with Gasteiger partial charge in [-0.05, 0) is 48.5 Å². The maximum absolute atomic E-state index is 14.0. The van der Waals surface area contributed by atoms with Crippen LogP contribution in [0, 0.1) is 5.82 Å². The summed E-state index contributed by atoms with van der Waals surface area (Å²) in [6.45, 7) is 1.43. The first-order valence-corrected chi connectivity index (χ1v) is 9.68. The largest absolute Gasteiger partial charge is 0.335 e. The van der Waals surface area contributed by atoms with Crippen molar-refractivity contribution in [1.82, 2.24) is 14.4 Å². The molecular weight excluding hydrogens is 393 g/mol. The number of hydrogen-bond donors (Lipinski definition) is 0. The number of carbonyl (C=O) groups excluding carboxylic acids is 2. The molecule has 7 heteroatoms. The van der Waals surface area contributed by atoms with E-state index in [1.165, 1.54) is 23.1 Å². The van der Waals surface area contributed by atoms with E-state index in [-0.39, 0.29) is 16.5 Å². The number of halogens is 2. The second kappa shape index (κ2) is 8.09. The van der Waals surface area contributed by atoms with Crippen molar-refractivity contribution in [2.45, 2.75) is 0 Å². The van der Waals surface area contributed by atoms with E-state index < -0.39 is 11.7 Å². The molecule has 0 spiro atoms. The van der Waals surface area contributed by atoms with E-state index in [1.807, 2.05) is 41.2 Å². The molecule has 1 aliphatic heterocycles. The summed E-state index contributed by atoms with van der Waals surface area (Å²) < 4.78 is 16.0.